The van der Waals surface area contributed by atoms with E-state index in [0.29, 0.717) is 12.5 Å². The summed E-state index contributed by atoms with van der Waals surface area (Å²) in [6.45, 7) is 7.23. The van der Waals surface area contributed by atoms with Crippen LogP contribution in [0.3, 0.4) is 0 Å². The highest BCUT2D eigenvalue weighted by Gasteiger charge is 2.07. The number of benzene rings is 2. The summed E-state index contributed by atoms with van der Waals surface area (Å²) in [6, 6.07) is 16.4. The van der Waals surface area contributed by atoms with Gasteiger partial charge in [0.15, 0.2) is 5.96 Å². The van der Waals surface area contributed by atoms with E-state index in [9.17, 15) is 4.79 Å². The van der Waals surface area contributed by atoms with E-state index in [1.54, 1.807) is 7.05 Å². The minimum absolute atomic E-state index is 0.0716. The Morgan fingerprint density at radius 3 is 2.50 bits per heavy atom. The number of carbonyl (C=O) groups is 1. The van der Waals surface area contributed by atoms with Gasteiger partial charge < -0.3 is 16.0 Å². The number of carbonyl (C=O) groups excluding carboxylic acids is 1. The second-order valence-electron chi connectivity index (χ2n) is 6.50. The van der Waals surface area contributed by atoms with Crippen LogP contribution in [0.2, 0.25) is 0 Å². The first kappa shape index (κ1) is 19.5. The SMILES string of the molecule is CN=C(NCc1cccc(NC(C)=O)c1)NCC(C)c1ccc(C)cc1. The van der Waals surface area contributed by atoms with E-state index < -0.39 is 0 Å². The van der Waals surface area contributed by atoms with Crippen LogP contribution in [0.25, 0.3) is 0 Å². The number of aryl methyl sites for hydroxylation is 1. The number of hydrogen-bond acceptors (Lipinski definition) is 2. The van der Waals surface area contributed by atoms with Crippen molar-refractivity contribution in [2.75, 3.05) is 18.9 Å². The molecule has 0 heterocycles. The molecule has 2 aromatic carbocycles. The van der Waals surface area contributed by atoms with Gasteiger partial charge in [-0.15, -0.1) is 0 Å². The number of nitrogens with zero attached hydrogens (tertiary/aromatic N) is 1. The maximum Gasteiger partial charge on any atom is 0.221 e. The zero-order valence-electron chi connectivity index (χ0n) is 16.0. The molecule has 1 atom stereocenters. The molecule has 2 rings (SSSR count). The molecule has 0 radical (unpaired) electrons. The quantitative estimate of drug-likeness (QED) is 0.551. The average Bonchev–Trinajstić information content (AvgIpc) is 2.62. The topological polar surface area (TPSA) is 65.5 Å². The van der Waals surface area contributed by atoms with Crippen LogP contribution in [-0.2, 0) is 11.3 Å². The number of guanidine groups is 1. The van der Waals surface area contributed by atoms with Gasteiger partial charge in [0, 0.05) is 32.7 Å². The van der Waals surface area contributed by atoms with E-state index in [2.05, 4.69) is 59.1 Å². The molecule has 1 amide bonds. The standard InChI is InChI=1S/C21H28N4O/c1-15-8-10-19(11-9-15)16(2)13-23-21(22-4)24-14-18-6-5-7-20(12-18)25-17(3)26/h5-12,16H,13-14H2,1-4H3,(H,25,26)(H2,22,23,24). The third-order valence-corrected chi connectivity index (χ3v) is 4.15. The van der Waals surface area contributed by atoms with Gasteiger partial charge >= 0.3 is 0 Å². The molecule has 0 aliphatic carbocycles. The van der Waals surface area contributed by atoms with Gasteiger partial charge in [-0.3, -0.25) is 9.79 Å². The molecule has 5 heteroatoms. The summed E-state index contributed by atoms with van der Waals surface area (Å²) >= 11 is 0. The van der Waals surface area contributed by atoms with E-state index in [0.717, 1.165) is 23.8 Å². The lowest BCUT2D eigenvalue weighted by Gasteiger charge is -2.17. The van der Waals surface area contributed by atoms with Crippen molar-refractivity contribution in [2.24, 2.45) is 4.99 Å². The Hall–Kier alpha value is -2.82. The summed E-state index contributed by atoms with van der Waals surface area (Å²) in [5.41, 5.74) is 4.45. The number of aliphatic imine (C=N–C) groups is 1. The van der Waals surface area contributed by atoms with Crippen molar-refractivity contribution in [1.29, 1.82) is 0 Å². The normalized spacial score (nSPS) is 12.4. The predicted octanol–water partition coefficient (Wildman–Crippen LogP) is 3.42. The molecule has 0 saturated carbocycles. The number of anilines is 1. The summed E-state index contributed by atoms with van der Waals surface area (Å²) < 4.78 is 0. The third-order valence-electron chi connectivity index (χ3n) is 4.15. The number of rotatable bonds is 6. The van der Waals surface area contributed by atoms with Crippen LogP contribution in [0.15, 0.2) is 53.5 Å². The molecule has 2 aromatic rings. The second kappa shape index (κ2) is 9.61. The van der Waals surface area contributed by atoms with E-state index in [4.69, 9.17) is 0 Å². The fourth-order valence-corrected chi connectivity index (χ4v) is 2.63. The van der Waals surface area contributed by atoms with E-state index in [-0.39, 0.29) is 5.91 Å². The predicted molar refractivity (Wildman–Crippen MR) is 109 cm³/mol. The van der Waals surface area contributed by atoms with Gasteiger partial charge in [-0.25, -0.2) is 0 Å². The molecule has 0 saturated heterocycles. The molecular formula is C21H28N4O. The smallest absolute Gasteiger partial charge is 0.221 e. The van der Waals surface area contributed by atoms with Gasteiger partial charge in [0.05, 0.1) is 0 Å². The molecular weight excluding hydrogens is 324 g/mol. The monoisotopic (exact) mass is 352 g/mol. The first-order valence-electron chi connectivity index (χ1n) is 8.85. The molecule has 26 heavy (non-hydrogen) atoms. The molecule has 0 aliphatic rings. The highest BCUT2D eigenvalue weighted by Crippen LogP contribution is 2.14. The largest absolute Gasteiger partial charge is 0.356 e. The fraction of sp³-hybridized carbons (Fsp3) is 0.333. The average molecular weight is 352 g/mol. The van der Waals surface area contributed by atoms with Gasteiger partial charge in [0.2, 0.25) is 5.91 Å². The molecule has 3 N–H and O–H groups in total. The van der Waals surface area contributed by atoms with Crippen LogP contribution < -0.4 is 16.0 Å². The van der Waals surface area contributed by atoms with Crippen molar-refractivity contribution in [3.8, 4) is 0 Å². The highest BCUT2D eigenvalue weighted by molar-refractivity contribution is 5.88. The Bertz CT molecular complexity index is 753. The van der Waals surface area contributed by atoms with E-state index in [1.165, 1.54) is 18.1 Å². The maximum absolute atomic E-state index is 11.2. The molecule has 0 aliphatic heterocycles. The van der Waals surface area contributed by atoms with Crippen molar-refractivity contribution in [3.05, 3.63) is 65.2 Å². The molecule has 0 spiro atoms. The summed E-state index contributed by atoms with van der Waals surface area (Å²) in [7, 11) is 1.76. The van der Waals surface area contributed by atoms with Crippen LogP contribution in [0.4, 0.5) is 5.69 Å². The van der Waals surface area contributed by atoms with Crippen molar-refractivity contribution >= 4 is 17.6 Å². The zero-order valence-corrected chi connectivity index (χ0v) is 16.0. The lowest BCUT2D eigenvalue weighted by atomic mass is 10.0. The van der Waals surface area contributed by atoms with E-state index in [1.807, 2.05) is 24.3 Å². The molecule has 0 bridgehead atoms. The fourth-order valence-electron chi connectivity index (χ4n) is 2.63. The second-order valence-corrected chi connectivity index (χ2v) is 6.50. The lowest BCUT2D eigenvalue weighted by molar-refractivity contribution is -0.114. The van der Waals surface area contributed by atoms with Gasteiger partial charge in [-0.2, -0.15) is 0 Å². The minimum Gasteiger partial charge on any atom is -0.356 e. The van der Waals surface area contributed by atoms with Gasteiger partial charge in [0.25, 0.3) is 0 Å². The molecule has 1 unspecified atom stereocenters. The van der Waals surface area contributed by atoms with Crippen molar-refractivity contribution in [1.82, 2.24) is 10.6 Å². The molecule has 5 nitrogen and oxygen atoms in total. The molecule has 0 aromatic heterocycles. The van der Waals surface area contributed by atoms with Gasteiger partial charge in [-0.1, -0.05) is 48.9 Å². The van der Waals surface area contributed by atoms with Crippen LogP contribution in [-0.4, -0.2) is 25.5 Å². The van der Waals surface area contributed by atoms with Crippen molar-refractivity contribution in [3.63, 3.8) is 0 Å². The molecule has 138 valence electrons. The van der Waals surface area contributed by atoms with Crippen LogP contribution in [0.1, 0.15) is 36.5 Å². The lowest BCUT2D eigenvalue weighted by Crippen LogP contribution is -2.38. The van der Waals surface area contributed by atoms with Crippen LogP contribution in [0, 0.1) is 6.92 Å². The molecule has 0 fully saturated rings. The Morgan fingerprint density at radius 1 is 1.12 bits per heavy atom. The zero-order chi connectivity index (χ0) is 18.9. The van der Waals surface area contributed by atoms with Gasteiger partial charge in [-0.05, 0) is 36.1 Å². The van der Waals surface area contributed by atoms with Crippen molar-refractivity contribution < 1.29 is 4.79 Å². The first-order chi connectivity index (χ1) is 12.5. The summed E-state index contributed by atoms with van der Waals surface area (Å²) in [5, 5.41) is 9.47. The summed E-state index contributed by atoms with van der Waals surface area (Å²) in [6.07, 6.45) is 0. The Morgan fingerprint density at radius 2 is 1.85 bits per heavy atom. The Kier molecular flexibility index (Phi) is 7.21. The number of amides is 1. The highest BCUT2D eigenvalue weighted by atomic mass is 16.1. The Balaban J connectivity index is 1.86. The maximum atomic E-state index is 11.2. The van der Waals surface area contributed by atoms with E-state index >= 15 is 0 Å². The summed E-state index contributed by atoms with van der Waals surface area (Å²) in [4.78, 5) is 15.4. The van der Waals surface area contributed by atoms with Crippen LogP contribution >= 0.6 is 0 Å². The first-order valence-corrected chi connectivity index (χ1v) is 8.85. The minimum atomic E-state index is -0.0716. The number of hydrogen-bond donors (Lipinski definition) is 3. The van der Waals surface area contributed by atoms with Crippen LogP contribution in [0.5, 0.6) is 0 Å². The Labute approximate surface area is 155 Å². The van der Waals surface area contributed by atoms with Crippen molar-refractivity contribution in [2.45, 2.75) is 33.2 Å². The number of nitrogens with one attached hydrogen (secondary N) is 3. The third kappa shape index (κ3) is 6.24. The van der Waals surface area contributed by atoms with Gasteiger partial charge in [0.1, 0.15) is 0 Å². The summed E-state index contributed by atoms with van der Waals surface area (Å²) in [5.74, 6) is 1.07.